The molecule has 0 heterocycles. The fourth-order valence-electron chi connectivity index (χ4n) is 1.47. The van der Waals surface area contributed by atoms with Gasteiger partial charge in [0.1, 0.15) is 0 Å². The maximum Gasteiger partial charge on any atom is 0.200 e. The normalized spacial score (nSPS) is 15.4. The number of rotatable bonds is 9. The molecule has 1 N–H and O–H groups in total. The smallest absolute Gasteiger partial charge is 0.200 e. The third kappa shape index (κ3) is 8.77. The third-order valence-corrected chi connectivity index (χ3v) is 4.61. The van der Waals surface area contributed by atoms with Crippen LogP contribution in [-0.4, -0.2) is 17.2 Å². The van der Waals surface area contributed by atoms with Gasteiger partial charge in [-0.05, 0) is 6.42 Å². The zero-order valence-electron chi connectivity index (χ0n) is 9.67. The molecular formula is C11H25O2P. The highest BCUT2D eigenvalue weighted by Gasteiger charge is 2.13. The summed E-state index contributed by atoms with van der Waals surface area (Å²) in [5.74, 6) is 0. The predicted octanol–water partition coefficient (Wildman–Crippen LogP) is 4.03. The molecule has 0 aromatic heterocycles. The first-order chi connectivity index (χ1) is 6.62. The monoisotopic (exact) mass is 220 g/mol. The van der Waals surface area contributed by atoms with Gasteiger partial charge in [0.05, 0.1) is 0 Å². The van der Waals surface area contributed by atoms with Crippen LogP contribution in [0, 0.1) is 0 Å². The summed E-state index contributed by atoms with van der Waals surface area (Å²) >= 11 is 0. The Morgan fingerprint density at radius 2 is 1.43 bits per heavy atom. The molecular weight excluding hydrogens is 195 g/mol. The molecule has 0 saturated heterocycles. The average molecular weight is 220 g/mol. The van der Waals surface area contributed by atoms with Crippen molar-refractivity contribution in [2.24, 2.45) is 0 Å². The summed E-state index contributed by atoms with van der Waals surface area (Å²) in [5.41, 5.74) is 0. The van der Waals surface area contributed by atoms with E-state index in [1.54, 1.807) is 6.92 Å². The topological polar surface area (TPSA) is 37.3 Å². The molecule has 0 spiro atoms. The SMILES string of the molecule is CCCCCCCCCP(=O)(O)CC. The second-order valence-corrected chi connectivity index (χ2v) is 6.78. The van der Waals surface area contributed by atoms with Gasteiger partial charge in [0.25, 0.3) is 0 Å². The van der Waals surface area contributed by atoms with Crippen molar-refractivity contribution in [2.45, 2.75) is 58.8 Å². The summed E-state index contributed by atoms with van der Waals surface area (Å²) in [6.07, 6.45) is 9.44. The summed E-state index contributed by atoms with van der Waals surface area (Å²) in [6, 6.07) is 0. The standard InChI is InChI=1S/C11H25O2P/c1-3-5-6-7-8-9-10-11-14(12,13)4-2/h3-11H2,1-2H3,(H,12,13). The van der Waals surface area contributed by atoms with Crippen molar-refractivity contribution < 1.29 is 9.46 Å². The maximum atomic E-state index is 11.3. The fourth-order valence-corrected chi connectivity index (χ4v) is 2.51. The first kappa shape index (κ1) is 14.2. The molecule has 0 amide bonds. The zero-order chi connectivity index (χ0) is 10.9. The Hall–Kier alpha value is 0.190. The minimum absolute atomic E-state index is 0.433. The summed E-state index contributed by atoms with van der Waals surface area (Å²) in [5, 5.41) is 0. The van der Waals surface area contributed by atoms with Crippen LogP contribution in [0.1, 0.15) is 58.8 Å². The third-order valence-electron chi connectivity index (χ3n) is 2.61. The van der Waals surface area contributed by atoms with Gasteiger partial charge < -0.3 is 4.89 Å². The van der Waals surface area contributed by atoms with Crippen LogP contribution in [0.4, 0.5) is 0 Å². The van der Waals surface area contributed by atoms with Crippen molar-refractivity contribution in [3.05, 3.63) is 0 Å². The molecule has 86 valence electrons. The first-order valence-corrected chi connectivity index (χ1v) is 7.96. The molecule has 1 unspecified atom stereocenters. The highest BCUT2D eigenvalue weighted by atomic mass is 31.2. The molecule has 0 aliphatic carbocycles. The second kappa shape index (κ2) is 8.49. The molecule has 3 heteroatoms. The second-order valence-electron chi connectivity index (χ2n) is 4.01. The fraction of sp³-hybridized carbons (Fsp3) is 1.00. The zero-order valence-corrected chi connectivity index (χ0v) is 10.6. The minimum Gasteiger partial charge on any atom is -0.344 e. The van der Waals surface area contributed by atoms with E-state index in [4.69, 9.17) is 0 Å². The van der Waals surface area contributed by atoms with Crippen molar-refractivity contribution in [1.29, 1.82) is 0 Å². The quantitative estimate of drug-likeness (QED) is 0.470. The minimum atomic E-state index is -2.73. The Bertz CT molecular complexity index is 169. The van der Waals surface area contributed by atoms with Crippen molar-refractivity contribution in [3.63, 3.8) is 0 Å². The van der Waals surface area contributed by atoms with Gasteiger partial charge in [-0.1, -0.05) is 52.4 Å². The lowest BCUT2D eigenvalue weighted by Gasteiger charge is -2.07. The lowest BCUT2D eigenvalue weighted by atomic mass is 10.1. The van der Waals surface area contributed by atoms with Crippen LogP contribution in [0.25, 0.3) is 0 Å². The Kier molecular flexibility index (Phi) is 8.61. The summed E-state index contributed by atoms with van der Waals surface area (Å²) in [7, 11) is -2.73. The molecule has 0 rings (SSSR count). The highest BCUT2D eigenvalue weighted by molar-refractivity contribution is 7.57. The van der Waals surface area contributed by atoms with Crippen molar-refractivity contribution in [1.82, 2.24) is 0 Å². The van der Waals surface area contributed by atoms with Crippen LogP contribution in [0.15, 0.2) is 0 Å². The molecule has 14 heavy (non-hydrogen) atoms. The Morgan fingerprint density at radius 1 is 0.929 bits per heavy atom. The first-order valence-electron chi connectivity index (χ1n) is 5.93. The predicted molar refractivity (Wildman–Crippen MR) is 63.2 cm³/mol. The Balaban J connectivity index is 3.17. The molecule has 0 aromatic rings. The summed E-state index contributed by atoms with van der Waals surface area (Å²) < 4.78 is 11.3. The van der Waals surface area contributed by atoms with Crippen LogP contribution in [0.2, 0.25) is 0 Å². The van der Waals surface area contributed by atoms with Crippen LogP contribution in [0.3, 0.4) is 0 Å². The van der Waals surface area contributed by atoms with Crippen molar-refractivity contribution in [2.75, 3.05) is 12.3 Å². The van der Waals surface area contributed by atoms with E-state index in [-0.39, 0.29) is 0 Å². The van der Waals surface area contributed by atoms with Crippen molar-refractivity contribution >= 4 is 7.37 Å². The van der Waals surface area contributed by atoms with Crippen LogP contribution in [0.5, 0.6) is 0 Å². The van der Waals surface area contributed by atoms with Crippen LogP contribution in [-0.2, 0) is 4.57 Å². The van der Waals surface area contributed by atoms with Gasteiger partial charge in [0.2, 0.25) is 0 Å². The van der Waals surface area contributed by atoms with E-state index < -0.39 is 7.37 Å². The molecule has 2 nitrogen and oxygen atoms in total. The van der Waals surface area contributed by atoms with E-state index in [2.05, 4.69) is 6.92 Å². The molecule has 0 aliphatic rings. The van der Waals surface area contributed by atoms with E-state index in [1.807, 2.05) is 0 Å². The largest absolute Gasteiger partial charge is 0.344 e. The highest BCUT2D eigenvalue weighted by Crippen LogP contribution is 2.40. The molecule has 0 radical (unpaired) electrons. The van der Waals surface area contributed by atoms with Gasteiger partial charge in [-0.25, -0.2) is 0 Å². The Morgan fingerprint density at radius 3 is 1.93 bits per heavy atom. The summed E-state index contributed by atoms with van der Waals surface area (Å²) in [6.45, 7) is 4.01. The molecule has 0 bridgehead atoms. The van der Waals surface area contributed by atoms with Gasteiger partial charge in [0, 0.05) is 12.3 Å². The van der Waals surface area contributed by atoms with E-state index in [9.17, 15) is 9.46 Å². The van der Waals surface area contributed by atoms with E-state index in [0.29, 0.717) is 12.3 Å². The molecule has 1 atom stereocenters. The number of hydrogen-bond donors (Lipinski definition) is 1. The number of unbranched alkanes of at least 4 members (excludes halogenated alkanes) is 6. The van der Waals surface area contributed by atoms with E-state index in [0.717, 1.165) is 12.8 Å². The van der Waals surface area contributed by atoms with Gasteiger partial charge in [-0.2, -0.15) is 0 Å². The molecule has 0 saturated carbocycles. The molecule has 0 fully saturated rings. The van der Waals surface area contributed by atoms with Gasteiger partial charge >= 0.3 is 0 Å². The summed E-state index contributed by atoms with van der Waals surface area (Å²) in [4.78, 5) is 9.32. The lowest BCUT2D eigenvalue weighted by molar-refractivity contribution is 0.475. The number of hydrogen-bond acceptors (Lipinski definition) is 1. The molecule has 0 aromatic carbocycles. The van der Waals surface area contributed by atoms with E-state index >= 15 is 0 Å². The van der Waals surface area contributed by atoms with Crippen LogP contribution >= 0.6 is 7.37 Å². The van der Waals surface area contributed by atoms with Gasteiger partial charge in [0.15, 0.2) is 7.37 Å². The van der Waals surface area contributed by atoms with Crippen molar-refractivity contribution in [3.8, 4) is 0 Å². The van der Waals surface area contributed by atoms with Crippen LogP contribution < -0.4 is 0 Å². The van der Waals surface area contributed by atoms with Gasteiger partial charge in [-0.3, -0.25) is 4.57 Å². The average Bonchev–Trinajstić information content (AvgIpc) is 2.16. The molecule has 0 aliphatic heterocycles. The maximum absolute atomic E-state index is 11.3. The lowest BCUT2D eigenvalue weighted by Crippen LogP contribution is -1.91. The Labute approximate surface area is 88.6 Å². The van der Waals surface area contributed by atoms with Gasteiger partial charge in [-0.15, -0.1) is 0 Å². The van der Waals surface area contributed by atoms with E-state index in [1.165, 1.54) is 32.1 Å².